The summed E-state index contributed by atoms with van der Waals surface area (Å²) in [7, 11) is 0. The smallest absolute Gasteiger partial charge is 0.256 e. The van der Waals surface area contributed by atoms with Crippen molar-refractivity contribution in [2.75, 3.05) is 0 Å². The lowest BCUT2D eigenvalue weighted by atomic mass is 9.34. The van der Waals surface area contributed by atoms with Gasteiger partial charge < -0.3 is 13.9 Å². The highest BCUT2D eigenvalue weighted by molar-refractivity contribution is 6.99. The van der Waals surface area contributed by atoms with Crippen molar-refractivity contribution in [3.63, 3.8) is 0 Å². The number of nitrogens with zero attached hydrogens (tertiary/aromatic N) is 2. The van der Waals surface area contributed by atoms with E-state index < -0.39 is 0 Å². The van der Waals surface area contributed by atoms with E-state index in [0.29, 0.717) is 0 Å². The summed E-state index contributed by atoms with van der Waals surface area (Å²) in [5, 5.41) is 5.03. The standard InChI is InChI=1S/C42H25BN2O/c1-3-13-26(14-4-1)38-40-30(28-17-7-10-20-34(28)44(40)27-15-5-2-6-16-27)25-31-29-23-24-37-39-42(29)45(41(31)38)35-21-11-8-18-32(35)43(39)33-19-9-12-22-36(33)46-37/h1-25H. The second-order valence-electron chi connectivity index (χ2n) is 12.4. The zero-order valence-electron chi connectivity index (χ0n) is 24.8. The van der Waals surface area contributed by atoms with Crippen LogP contribution in [-0.4, -0.2) is 15.8 Å². The van der Waals surface area contributed by atoms with E-state index in [9.17, 15) is 0 Å². The predicted octanol–water partition coefficient (Wildman–Crippen LogP) is 8.48. The Morgan fingerprint density at radius 2 is 1.13 bits per heavy atom. The van der Waals surface area contributed by atoms with Crippen LogP contribution in [0.25, 0.3) is 66.1 Å². The number of benzene rings is 7. The molecule has 0 saturated carbocycles. The SMILES string of the molecule is c1ccc(-c2c3c(cc4c5ccc6c7c5n(c24)-c2ccccc2B7c2ccccc2O6)c2ccccc2n3-c2ccccc2)cc1. The molecule has 0 saturated heterocycles. The molecular formula is C42H25BN2O. The number of fused-ring (bicyclic) bond motifs is 11. The van der Waals surface area contributed by atoms with Crippen LogP contribution in [0.15, 0.2) is 152 Å². The third-order valence-corrected chi connectivity index (χ3v) is 10.1. The first-order valence-corrected chi connectivity index (χ1v) is 15.9. The van der Waals surface area contributed by atoms with Gasteiger partial charge in [-0.25, -0.2) is 0 Å². The van der Waals surface area contributed by atoms with Crippen molar-refractivity contribution in [2.24, 2.45) is 0 Å². The summed E-state index contributed by atoms with van der Waals surface area (Å²) in [4.78, 5) is 0. The number of aromatic nitrogens is 2. The molecule has 11 rings (SSSR count). The quantitative estimate of drug-likeness (QED) is 0.187. The van der Waals surface area contributed by atoms with E-state index in [-0.39, 0.29) is 6.71 Å². The maximum atomic E-state index is 6.65. The lowest BCUT2D eigenvalue weighted by molar-refractivity contribution is 0.488. The van der Waals surface area contributed by atoms with Gasteiger partial charge in [0.1, 0.15) is 11.5 Å². The maximum absolute atomic E-state index is 6.65. The van der Waals surface area contributed by atoms with Crippen molar-refractivity contribution < 1.29 is 4.74 Å². The molecule has 4 heteroatoms. The molecule has 0 radical (unpaired) electrons. The van der Waals surface area contributed by atoms with E-state index >= 15 is 0 Å². The van der Waals surface area contributed by atoms with Crippen molar-refractivity contribution in [2.45, 2.75) is 0 Å². The van der Waals surface area contributed by atoms with Crippen molar-refractivity contribution in [1.29, 1.82) is 0 Å². The summed E-state index contributed by atoms with van der Waals surface area (Å²) in [6.07, 6.45) is 0. The fourth-order valence-electron chi connectivity index (χ4n) is 8.39. The van der Waals surface area contributed by atoms with Gasteiger partial charge in [0.25, 0.3) is 6.71 Å². The van der Waals surface area contributed by atoms with Gasteiger partial charge in [-0.3, -0.25) is 0 Å². The fourth-order valence-corrected chi connectivity index (χ4v) is 8.39. The van der Waals surface area contributed by atoms with Crippen molar-refractivity contribution in [3.05, 3.63) is 152 Å². The van der Waals surface area contributed by atoms with Gasteiger partial charge in [-0.15, -0.1) is 0 Å². The summed E-state index contributed by atoms with van der Waals surface area (Å²) in [5.41, 5.74) is 13.5. The second-order valence-corrected chi connectivity index (χ2v) is 12.4. The molecule has 0 unspecified atom stereocenters. The van der Waals surface area contributed by atoms with Crippen LogP contribution < -0.4 is 21.1 Å². The van der Waals surface area contributed by atoms with E-state index in [1.54, 1.807) is 0 Å². The van der Waals surface area contributed by atoms with E-state index in [2.05, 4.69) is 161 Å². The summed E-state index contributed by atoms with van der Waals surface area (Å²) >= 11 is 0. The van der Waals surface area contributed by atoms with Crippen LogP contribution in [0.3, 0.4) is 0 Å². The molecule has 0 fully saturated rings. The van der Waals surface area contributed by atoms with Gasteiger partial charge >= 0.3 is 0 Å². The molecule has 46 heavy (non-hydrogen) atoms. The molecule has 4 heterocycles. The van der Waals surface area contributed by atoms with Crippen LogP contribution >= 0.6 is 0 Å². The Kier molecular flexibility index (Phi) is 4.66. The van der Waals surface area contributed by atoms with E-state index in [0.717, 1.165) is 17.2 Å². The summed E-state index contributed by atoms with van der Waals surface area (Å²) < 4.78 is 11.7. The summed E-state index contributed by atoms with van der Waals surface area (Å²) in [6.45, 7) is 0.102. The molecule has 0 spiro atoms. The topological polar surface area (TPSA) is 19.1 Å². The Balaban J connectivity index is 1.42. The molecule has 0 aliphatic carbocycles. The van der Waals surface area contributed by atoms with Gasteiger partial charge in [0.05, 0.1) is 22.1 Å². The Morgan fingerprint density at radius 1 is 0.457 bits per heavy atom. The fraction of sp³-hybridized carbons (Fsp3) is 0. The zero-order valence-corrected chi connectivity index (χ0v) is 24.8. The highest BCUT2D eigenvalue weighted by Gasteiger charge is 2.40. The second kappa shape index (κ2) is 8.80. The monoisotopic (exact) mass is 584 g/mol. The molecule has 3 nitrogen and oxygen atoms in total. The molecule has 0 atom stereocenters. The summed E-state index contributed by atoms with van der Waals surface area (Å²) in [6, 6.07) is 55.0. The number of rotatable bonds is 2. The first kappa shape index (κ1) is 24.3. The molecule has 7 aromatic carbocycles. The Bertz CT molecular complexity index is 2720. The average Bonchev–Trinajstić information content (AvgIpc) is 3.64. The number of hydrogen-bond acceptors (Lipinski definition) is 1. The van der Waals surface area contributed by atoms with Crippen LogP contribution in [-0.2, 0) is 0 Å². The average molecular weight is 584 g/mol. The van der Waals surface area contributed by atoms with Gasteiger partial charge in [-0.2, -0.15) is 0 Å². The summed E-state index contributed by atoms with van der Waals surface area (Å²) in [5.74, 6) is 1.89. The molecule has 0 bridgehead atoms. The number of para-hydroxylation sites is 4. The number of ether oxygens (including phenoxy) is 1. The highest BCUT2D eigenvalue weighted by atomic mass is 16.5. The van der Waals surface area contributed by atoms with E-state index in [1.165, 1.54) is 76.8 Å². The van der Waals surface area contributed by atoms with E-state index in [4.69, 9.17) is 4.74 Å². The minimum Gasteiger partial charge on any atom is -0.458 e. The van der Waals surface area contributed by atoms with Crippen LogP contribution in [0.4, 0.5) is 0 Å². The third kappa shape index (κ3) is 2.99. The molecule has 212 valence electrons. The molecule has 2 aromatic heterocycles. The lowest BCUT2D eigenvalue weighted by Gasteiger charge is -2.32. The maximum Gasteiger partial charge on any atom is 0.256 e. The molecule has 2 aliphatic rings. The predicted molar refractivity (Wildman–Crippen MR) is 192 cm³/mol. The van der Waals surface area contributed by atoms with Gasteiger partial charge in [-0.05, 0) is 70.5 Å². The Morgan fingerprint density at radius 3 is 2.00 bits per heavy atom. The molecule has 2 aliphatic heterocycles. The third-order valence-electron chi connectivity index (χ3n) is 10.1. The molecular weight excluding hydrogens is 559 g/mol. The minimum absolute atomic E-state index is 0.102. The van der Waals surface area contributed by atoms with Crippen molar-refractivity contribution in [3.8, 4) is 34.0 Å². The van der Waals surface area contributed by atoms with Crippen LogP contribution in [0.1, 0.15) is 0 Å². The minimum atomic E-state index is 0.102. The van der Waals surface area contributed by atoms with Crippen LogP contribution in [0.5, 0.6) is 11.5 Å². The van der Waals surface area contributed by atoms with Gasteiger partial charge in [-0.1, -0.05) is 103 Å². The number of hydrogen-bond donors (Lipinski definition) is 0. The Labute approximate surface area is 265 Å². The van der Waals surface area contributed by atoms with Crippen molar-refractivity contribution in [1.82, 2.24) is 9.13 Å². The van der Waals surface area contributed by atoms with Gasteiger partial charge in [0.15, 0.2) is 0 Å². The molecule has 0 N–H and O–H groups in total. The lowest BCUT2D eigenvalue weighted by Crippen LogP contribution is -2.58. The van der Waals surface area contributed by atoms with Crippen molar-refractivity contribution >= 4 is 66.7 Å². The van der Waals surface area contributed by atoms with Crippen LogP contribution in [0, 0.1) is 0 Å². The Hall–Kier alpha value is -6.00. The first-order valence-electron chi connectivity index (χ1n) is 15.9. The van der Waals surface area contributed by atoms with Crippen LogP contribution in [0.2, 0.25) is 0 Å². The normalized spacial score (nSPS) is 12.9. The largest absolute Gasteiger partial charge is 0.458 e. The van der Waals surface area contributed by atoms with Gasteiger partial charge in [0, 0.05) is 38.5 Å². The zero-order chi connectivity index (χ0) is 29.9. The molecule has 9 aromatic rings. The van der Waals surface area contributed by atoms with E-state index in [1.807, 2.05) is 0 Å². The highest BCUT2D eigenvalue weighted by Crippen LogP contribution is 2.47. The molecule has 0 amide bonds. The first-order chi connectivity index (χ1) is 22.9. The van der Waals surface area contributed by atoms with Gasteiger partial charge in [0.2, 0.25) is 0 Å².